The first kappa shape index (κ1) is 6.35. The molecule has 0 atom stereocenters. The van der Waals surface area contributed by atoms with Crippen LogP contribution in [0.5, 0.6) is 0 Å². The number of nitrogens with zero attached hydrogens (tertiary/aromatic N) is 3. The van der Waals surface area contributed by atoms with Gasteiger partial charge in [0.15, 0.2) is 0 Å². The summed E-state index contributed by atoms with van der Waals surface area (Å²) in [6, 6.07) is 0. The highest BCUT2D eigenvalue weighted by atomic mass is 35.5. The van der Waals surface area contributed by atoms with Crippen molar-refractivity contribution >= 4 is 11.6 Å². The maximum absolute atomic E-state index is 10.7. The van der Waals surface area contributed by atoms with Crippen molar-refractivity contribution in [1.82, 2.24) is 9.90 Å². The summed E-state index contributed by atoms with van der Waals surface area (Å²) in [5.74, 6) is 0. The van der Waals surface area contributed by atoms with Gasteiger partial charge in [0, 0.05) is 12.0 Å². The van der Waals surface area contributed by atoms with Gasteiger partial charge in [-0.15, -0.1) is 4.85 Å². The lowest BCUT2D eigenvalue weighted by Crippen LogP contribution is -2.36. The van der Waals surface area contributed by atoms with E-state index in [9.17, 15) is 5.21 Å². The third-order valence-corrected chi connectivity index (χ3v) is 1.44. The van der Waals surface area contributed by atoms with Gasteiger partial charge in [0.2, 0.25) is 5.69 Å². The van der Waals surface area contributed by atoms with Crippen molar-refractivity contribution in [3.8, 4) is 0 Å². The van der Waals surface area contributed by atoms with Crippen molar-refractivity contribution in [2.75, 3.05) is 0 Å². The van der Waals surface area contributed by atoms with Crippen molar-refractivity contribution in [2.24, 2.45) is 7.05 Å². The highest BCUT2D eigenvalue weighted by Crippen LogP contribution is 2.03. The van der Waals surface area contributed by atoms with E-state index in [2.05, 4.69) is 5.10 Å². The van der Waals surface area contributed by atoms with Crippen LogP contribution in [0.4, 0.5) is 0 Å². The van der Waals surface area contributed by atoms with Gasteiger partial charge in [-0.3, -0.25) is 0 Å². The zero-order chi connectivity index (χ0) is 7.02. The standard InChI is InChI=1S/C4H6ClN3O/c1-3-4(5)8(9)7(2)6-3/h1-2H3. The van der Waals surface area contributed by atoms with E-state index < -0.39 is 0 Å². The minimum absolute atomic E-state index is 0.137. The van der Waals surface area contributed by atoms with Crippen molar-refractivity contribution in [1.29, 1.82) is 0 Å². The molecule has 1 aromatic rings. The zero-order valence-electron chi connectivity index (χ0n) is 5.13. The molecular weight excluding hydrogens is 142 g/mol. The topological polar surface area (TPSA) is 44.8 Å². The van der Waals surface area contributed by atoms with Crippen LogP contribution in [-0.2, 0) is 7.05 Å². The molecule has 1 rings (SSSR count). The molecule has 0 aromatic carbocycles. The van der Waals surface area contributed by atoms with Gasteiger partial charge in [-0.05, 0) is 16.4 Å². The van der Waals surface area contributed by atoms with E-state index in [1.165, 1.54) is 7.05 Å². The second-order valence-corrected chi connectivity index (χ2v) is 2.10. The van der Waals surface area contributed by atoms with Gasteiger partial charge < -0.3 is 5.21 Å². The zero-order valence-corrected chi connectivity index (χ0v) is 5.88. The maximum Gasteiger partial charge on any atom is 0.267 e. The second-order valence-electron chi connectivity index (χ2n) is 1.74. The Hall–Kier alpha value is -0.770. The Bertz CT molecular complexity index is 209. The van der Waals surface area contributed by atoms with Crippen LogP contribution in [0.3, 0.4) is 0 Å². The largest absolute Gasteiger partial charge is 0.691 e. The molecule has 4 nitrogen and oxygen atoms in total. The summed E-state index contributed by atoms with van der Waals surface area (Å²) in [5, 5.41) is 14.6. The molecule has 0 N–H and O–H groups in total. The van der Waals surface area contributed by atoms with Crippen molar-refractivity contribution in [3.05, 3.63) is 16.1 Å². The van der Waals surface area contributed by atoms with Crippen LogP contribution in [-0.4, -0.2) is 9.90 Å². The van der Waals surface area contributed by atoms with E-state index in [-0.39, 0.29) is 5.15 Å². The molecule has 0 aliphatic carbocycles. The molecule has 0 unspecified atom stereocenters. The van der Waals surface area contributed by atoms with Gasteiger partial charge in [-0.1, -0.05) is 0 Å². The van der Waals surface area contributed by atoms with Gasteiger partial charge in [0.1, 0.15) is 0 Å². The normalized spacial score (nSPS) is 10.1. The summed E-state index contributed by atoms with van der Waals surface area (Å²) < 4.78 is 0. The predicted octanol–water partition coefficient (Wildman–Crippen LogP) is 0.0153. The van der Waals surface area contributed by atoms with E-state index in [0.717, 1.165) is 4.80 Å². The van der Waals surface area contributed by atoms with E-state index >= 15 is 0 Å². The van der Waals surface area contributed by atoms with Gasteiger partial charge in [-0.2, -0.15) is 0 Å². The van der Waals surface area contributed by atoms with Crippen molar-refractivity contribution in [2.45, 2.75) is 6.92 Å². The number of aryl methyl sites for hydroxylation is 2. The fraction of sp³-hybridized carbons (Fsp3) is 0.500. The smallest absolute Gasteiger partial charge is 0.267 e. The highest BCUT2D eigenvalue weighted by molar-refractivity contribution is 6.29. The Morgan fingerprint density at radius 3 is 2.44 bits per heavy atom. The van der Waals surface area contributed by atoms with Crippen LogP contribution in [0.25, 0.3) is 0 Å². The molecule has 0 saturated carbocycles. The van der Waals surface area contributed by atoms with Gasteiger partial charge >= 0.3 is 0 Å². The number of aromatic nitrogens is 3. The molecule has 9 heavy (non-hydrogen) atoms. The molecular formula is C4H6ClN3O. The maximum atomic E-state index is 10.7. The number of rotatable bonds is 0. The number of hydrogen-bond acceptors (Lipinski definition) is 2. The third kappa shape index (κ3) is 0.853. The number of hydrogen-bond donors (Lipinski definition) is 0. The molecule has 50 valence electrons. The summed E-state index contributed by atoms with van der Waals surface area (Å²) in [6.07, 6.45) is 0. The monoisotopic (exact) mass is 147 g/mol. The molecule has 0 fully saturated rings. The van der Waals surface area contributed by atoms with Gasteiger partial charge in [-0.25, -0.2) is 0 Å². The molecule has 0 saturated heterocycles. The average Bonchev–Trinajstić information content (AvgIpc) is 1.98. The molecule has 0 spiro atoms. The quantitative estimate of drug-likeness (QED) is 0.384. The summed E-state index contributed by atoms with van der Waals surface area (Å²) >= 11 is 5.47. The Morgan fingerprint density at radius 2 is 2.33 bits per heavy atom. The Morgan fingerprint density at radius 1 is 1.78 bits per heavy atom. The van der Waals surface area contributed by atoms with Crippen LogP contribution in [0, 0.1) is 12.1 Å². The molecule has 5 heteroatoms. The summed E-state index contributed by atoms with van der Waals surface area (Å²) in [7, 11) is 1.53. The number of halogens is 1. The first-order chi connectivity index (χ1) is 4.13. The molecule has 0 radical (unpaired) electrons. The molecule has 0 bridgehead atoms. The molecule has 0 aliphatic rings. The van der Waals surface area contributed by atoms with Crippen LogP contribution in [0.1, 0.15) is 5.69 Å². The summed E-state index contributed by atoms with van der Waals surface area (Å²) in [4.78, 5) is 1.66. The lowest BCUT2D eigenvalue weighted by molar-refractivity contribution is -0.694. The third-order valence-electron chi connectivity index (χ3n) is 1.02. The fourth-order valence-electron chi connectivity index (χ4n) is 0.564. The minimum Gasteiger partial charge on any atom is -0.691 e. The minimum atomic E-state index is 0.137. The van der Waals surface area contributed by atoms with E-state index in [0.29, 0.717) is 10.5 Å². The first-order valence-corrected chi connectivity index (χ1v) is 2.79. The summed E-state index contributed by atoms with van der Waals surface area (Å²) in [5.41, 5.74) is 0.550. The molecule has 1 heterocycles. The Labute approximate surface area is 57.2 Å². The van der Waals surface area contributed by atoms with Crippen LogP contribution in [0.2, 0.25) is 5.15 Å². The van der Waals surface area contributed by atoms with Gasteiger partial charge in [0.05, 0.1) is 7.05 Å². The van der Waals surface area contributed by atoms with Crippen LogP contribution >= 0.6 is 11.6 Å². The van der Waals surface area contributed by atoms with Crippen molar-refractivity contribution in [3.63, 3.8) is 0 Å². The lowest BCUT2D eigenvalue weighted by Gasteiger charge is -1.95. The second kappa shape index (κ2) is 1.88. The van der Waals surface area contributed by atoms with Gasteiger partial charge in [0.25, 0.3) is 5.15 Å². The Balaban J connectivity index is 3.29. The Kier molecular flexibility index (Phi) is 1.32. The SMILES string of the molecule is Cc1nn(C)[n+]([O-])c1Cl. The molecule has 0 amide bonds. The predicted molar refractivity (Wildman–Crippen MR) is 31.9 cm³/mol. The van der Waals surface area contributed by atoms with E-state index in [1.807, 2.05) is 0 Å². The average molecular weight is 148 g/mol. The van der Waals surface area contributed by atoms with Crippen LogP contribution < -0.4 is 4.85 Å². The van der Waals surface area contributed by atoms with E-state index in [1.54, 1.807) is 6.92 Å². The van der Waals surface area contributed by atoms with E-state index in [4.69, 9.17) is 11.6 Å². The first-order valence-electron chi connectivity index (χ1n) is 2.42. The summed E-state index contributed by atoms with van der Waals surface area (Å²) in [6.45, 7) is 1.68. The van der Waals surface area contributed by atoms with Crippen molar-refractivity contribution < 1.29 is 4.85 Å². The fourth-order valence-corrected chi connectivity index (χ4v) is 0.712. The molecule has 1 aromatic heterocycles. The molecule has 0 aliphatic heterocycles. The van der Waals surface area contributed by atoms with Crippen LogP contribution in [0.15, 0.2) is 0 Å². The highest BCUT2D eigenvalue weighted by Gasteiger charge is 2.11. The lowest BCUT2D eigenvalue weighted by atomic mass is 10.6.